The molecule has 0 bridgehead atoms. The maximum Gasteiger partial charge on any atom is 0.390 e. The van der Waals surface area contributed by atoms with E-state index in [0.29, 0.717) is 23.0 Å². The van der Waals surface area contributed by atoms with Gasteiger partial charge in [-0.15, -0.1) is 0 Å². The number of halogens is 3. The SMILES string of the molecule is Cc1c(NN)nc(C(C)C)nc1NCCC(F)(F)F. The number of alkyl halides is 3. The van der Waals surface area contributed by atoms with Gasteiger partial charge in [0.15, 0.2) is 0 Å². The lowest BCUT2D eigenvalue weighted by Crippen LogP contribution is -2.18. The Morgan fingerprint density at radius 2 is 1.79 bits per heavy atom. The third kappa shape index (κ3) is 4.55. The summed E-state index contributed by atoms with van der Waals surface area (Å²) in [6.07, 6.45) is -5.11. The summed E-state index contributed by atoms with van der Waals surface area (Å²) in [5.41, 5.74) is 3.02. The van der Waals surface area contributed by atoms with Crippen molar-refractivity contribution in [1.29, 1.82) is 0 Å². The van der Waals surface area contributed by atoms with Crippen molar-refractivity contribution in [3.63, 3.8) is 0 Å². The smallest absolute Gasteiger partial charge is 0.369 e. The molecule has 0 saturated carbocycles. The van der Waals surface area contributed by atoms with Crippen molar-refractivity contribution in [3.05, 3.63) is 11.4 Å². The predicted octanol–water partition coefficient (Wildman–Crippen LogP) is 2.56. The lowest BCUT2D eigenvalue weighted by atomic mass is 10.2. The molecule has 4 N–H and O–H groups in total. The third-order valence-corrected chi connectivity index (χ3v) is 2.52. The highest BCUT2D eigenvalue weighted by Gasteiger charge is 2.26. The predicted molar refractivity (Wildman–Crippen MR) is 67.8 cm³/mol. The van der Waals surface area contributed by atoms with Crippen molar-refractivity contribution in [2.75, 3.05) is 17.3 Å². The van der Waals surface area contributed by atoms with Crippen molar-refractivity contribution in [1.82, 2.24) is 9.97 Å². The molecule has 0 aliphatic rings. The van der Waals surface area contributed by atoms with Gasteiger partial charge in [0.05, 0.1) is 6.42 Å². The lowest BCUT2D eigenvalue weighted by molar-refractivity contribution is -0.131. The number of nitrogens with two attached hydrogens (primary N) is 1. The van der Waals surface area contributed by atoms with Gasteiger partial charge in [-0.25, -0.2) is 15.8 Å². The summed E-state index contributed by atoms with van der Waals surface area (Å²) in [6.45, 7) is 5.24. The van der Waals surface area contributed by atoms with E-state index < -0.39 is 12.6 Å². The van der Waals surface area contributed by atoms with Crippen LogP contribution in [0.4, 0.5) is 24.8 Å². The first kappa shape index (κ1) is 15.5. The van der Waals surface area contributed by atoms with Crippen LogP contribution in [0.5, 0.6) is 0 Å². The van der Waals surface area contributed by atoms with E-state index in [4.69, 9.17) is 5.84 Å². The summed E-state index contributed by atoms with van der Waals surface area (Å²) < 4.78 is 36.3. The van der Waals surface area contributed by atoms with Gasteiger partial charge in [-0.2, -0.15) is 13.2 Å². The molecular formula is C11H18F3N5. The summed E-state index contributed by atoms with van der Waals surface area (Å²) in [5, 5.41) is 2.67. The Kier molecular flexibility index (Phi) is 4.93. The fraction of sp³-hybridized carbons (Fsp3) is 0.636. The molecule has 0 unspecified atom stereocenters. The largest absolute Gasteiger partial charge is 0.390 e. The van der Waals surface area contributed by atoms with Crippen molar-refractivity contribution >= 4 is 11.6 Å². The molecule has 0 atom stereocenters. The topological polar surface area (TPSA) is 75.9 Å². The van der Waals surface area contributed by atoms with Gasteiger partial charge in [0.2, 0.25) is 0 Å². The van der Waals surface area contributed by atoms with Crippen LogP contribution in [0, 0.1) is 6.92 Å². The summed E-state index contributed by atoms with van der Waals surface area (Å²) in [4.78, 5) is 8.41. The minimum absolute atomic E-state index is 0.0517. The van der Waals surface area contributed by atoms with Gasteiger partial charge in [-0.1, -0.05) is 13.8 Å². The zero-order valence-electron chi connectivity index (χ0n) is 11.1. The third-order valence-electron chi connectivity index (χ3n) is 2.52. The molecule has 8 heteroatoms. The van der Waals surface area contributed by atoms with Crippen LogP contribution in [0.25, 0.3) is 0 Å². The van der Waals surface area contributed by atoms with E-state index in [1.165, 1.54) is 0 Å². The molecule has 1 rings (SSSR count). The van der Waals surface area contributed by atoms with E-state index in [-0.39, 0.29) is 12.5 Å². The van der Waals surface area contributed by atoms with Crippen LogP contribution in [0.2, 0.25) is 0 Å². The molecule has 0 aliphatic carbocycles. The van der Waals surface area contributed by atoms with E-state index in [9.17, 15) is 13.2 Å². The average Bonchev–Trinajstić information content (AvgIpc) is 2.29. The van der Waals surface area contributed by atoms with Gasteiger partial charge in [-0.3, -0.25) is 0 Å². The molecule has 5 nitrogen and oxygen atoms in total. The van der Waals surface area contributed by atoms with Gasteiger partial charge in [0, 0.05) is 18.0 Å². The molecule has 0 amide bonds. The number of rotatable bonds is 5. The normalized spacial score (nSPS) is 11.8. The molecule has 1 heterocycles. The van der Waals surface area contributed by atoms with Crippen LogP contribution in [-0.4, -0.2) is 22.7 Å². The summed E-state index contributed by atoms with van der Waals surface area (Å²) in [5.74, 6) is 6.69. The number of hydrogen-bond acceptors (Lipinski definition) is 5. The van der Waals surface area contributed by atoms with Gasteiger partial charge in [0.25, 0.3) is 0 Å². The Hall–Kier alpha value is -1.57. The minimum atomic E-state index is -4.19. The first-order valence-electron chi connectivity index (χ1n) is 5.90. The second kappa shape index (κ2) is 6.05. The van der Waals surface area contributed by atoms with Crippen molar-refractivity contribution in [2.45, 2.75) is 39.3 Å². The van der Waals surface area contributed by atoms with Crippen molar-refractivity contribution < 1.29 is 13.2 Å². The highest BCUT2D eigenvalue weighted by Crippen LogP contribution is 2.24. The molecular weight excluding hydrogens is 259 g/mol. The number of nitrogens with zero attached hydrogens (tertiary/aromatic N) is 2. The number of anilines is 2. The quantitative estimate of drug-likeness (QED) is 0.569. The fourth-order valence-electron chi connectivity index (χ4n) is 1.43. The fourth-order valence-corrected chi connectivity index (χ4v) is 1.43. The number of nitrogen functional groups attached to an aromatic ring is 1. The summed E-state index contributed by atoms with van der Waals surface area (Å²) >= 11 is 0. The van der Waals surface area contributed by atoms with Crippen LogP contribution in [-0.2, 0) is 0 Å². The number of hydrogen-bond donors (Lipinski definition) is 3. The van der Waals surface area contributed by atoms with E-state index in [1.807, 2.05) is 13.8 Å². The molecule has 0 spiro atoms. The summed E-state index contributed by atoms with van der Waals surface area (Å²) in [6, 6.07) is 0. The van der Waals surface area contributed by atoms with Crippen molar-refractivity contribution in [3.8, 4) is 0 Å². The molecule has 1 aromatic rings. The minimum Gasteiger partial charge on any atom is -0.369 e. The Bertz CT molecular complexity index is 431. The maximum absolute atomic E-state index is 12.1. The monoisotopic (exact) mass is 277 g/mol. The van der Waals surface area contributed by atoms with Crippen molar-refractivity contribution in [2.24, 2.45) is 5.84 Å². The lowest BCUT2D eigenvalue weighted by Gasteiger charge is -2.15. The number of hydrazine groups is 1. The Morgan fingerprint density at radius 3 is 2.26 bits per heavy atom. The van der Waals surface area contributed by atoms with Crippen LogP contribution < -0.4 is 16.6 Å². The standard InChI is InChI=1S/C11H18F3N5/c1-6(2)8-17-9(7(3)10(18-8)19-15)16-5-4-11(12,13)14/h6H,4-5,15H2,1-3H3,(H2,16,17,18,19). The molecule has 0 aliphatic heterocycles. The summed E-state index contributed by atoms with van der Waals surface area (Å²) in [7, 11) is 0. The Morgan fingerprint density at radius 1 is 1.21 bits per heavy atom. The van der Waals surface area contributed by atoms with E-state index in [2.05, 4.69) is 20.7 Å². The molecule has 108 valence electrons. The van der Waals surface area contributed by atoms with Gasteiger partial charge >= 0.3 is 6.18 Å². The average molecular weight is 277 g/mol. The highest BCUT2D eigenvalue weighted by molar-refractivity contribution is 5.56. The Labute approximate surface area is 109 Å². The molecule has 1 aromatic heterocycles. The molecule has 0 aromatic carbocycles. The first-order chi connectivity index (χ1) is 8.74. The van der Waals surface area contributed by atoms with Gasteiger partial charge in [0.1, 0.15) is 17.5 Å². The number of nitrogens with one attached hydrogen (secondary N) is 2. The first-order valence-corrected chi connectivity index (χ1v) is 5.90. The Balaban J connectivity index is 2.89. The molecule has 19 heavy (non-hydrogen) atoms. The molecule has 0 fully saturated rings. The van der Waals surface area contributed by atoms with Gasteiger partial charge < -0.3 is 10.7 Å². The van der Waals surface area contributed by atoms with Crippen LogP contribution >= 0.6 is 0 Å². The highest BCUT2D eigenvalue weighted by atomic mass is 19.4. The molecule has 0 radical (unpaired) electrons. The van der Waals surface area contributed by atoms with Crippen LogP contribution in [0.1, 0.15) is 37.6 Å². The van der Waals surface area contributed by atoms with E-state index in [1.54, 1.807) is 6.92 Å². The number of aromatic nitrogens is 2. The maximum atomic E-state index is 12.1. The van der Waals surface area contributed by atoms with Crippen LogP contribution in [0.3, 0.4) is 0 Å². The molecule has 0 saturated heterocycles. The van der Waals surface area contributed by atoms with Gasteiger partial charge in [-0.05, 0) is 6.92 Å². The zero-order chi connectivity index (χ0) is 14.6. The van der Waals surface area contributed by atoms with E-state index in [0.717, 1.165) is 0 Å². The second-order valence-electron chi connectivity index (χ2n) is 4.50. The second-order valence-corrected chi connectivity index (χ2v) is 4.50. The van der Waals surface area contributed by atoms with E-state index >= 15 is 0 Å². The zero-order valence-corrected chi connectivity index (χ0v) is 11.1. The van der Waals surface area contributed by atoms with Crippen LogP contribution in [0.15, 0.2) is 0 Å².